The second kappa shape index (κ2) is 6.47. The third-order valence-corrected chi connectivity index (χ3v) is 3.61. The number of hydrogen-bond donors (Lipinski definition) is 2. The molecular formula is C14H19F2NO3. The molecule has 0 bridgehead atoms. The molecule has 0 radical (unpaired) electrons. The molecule has 1 aliphatic heterocycles. The molecule has 1 aromatic carbocycles. The molecule has 0 spiro atoms. The van der Waals surface area contributed by atoms with Crippen molar-refractivity contribution in [1.29, 1.82) is 0 Å². The summed E-state index contributed by atoms with van der Waals surface area (Å²) in [6, 6.07) is 7.33. The summed E-state index contributed by atoms with van der Waals surface area (Å²) in [5.74, 6) is -0.519. The fourth-order valence-electron chi connectivity index (χ4n) is 2.53. The van der Waals surface area contributed by atoms with Crippen molar-refractivity contribution < 1.29 is 23.7 Å². The number of piperidine rings is 1. The normalized spacial score (nSPS) is 27.8. The minimum atomic E-state index is -2.65. The molecule has 1 aromatic rings. The van der Waals surface area contributed by atoms with E-state index in [9.17, 15) is 19.0 Å². The average molecular weight is 287 g/mol. The van der Waals surface area contributed by atoms with Gasteiger partial charge in [-0.2, -0.15) is 0 Å². The Kier molecular flexibility index (Phi) is 4.91. The zero-order chi connectivity index (χ0) is 14.7. The molecule has 0 saturated carbocycles. The summed E-state index contributed by atoms with van der Waals surface area (Å²) < 4.78 is 30.8. The molecule has 1 heterocycles. The number of halogens is 2. The molecule has 2 rings (SSSR count). The van der Waals surface area contributed by atoms with Crippen LogP contribution in [0.5, 0.6) is 5.75 Å². The van der Waals surface area contributed by atoms with Gasteiger partial charge in [-0.1, -0.05) is 12.1 Å². The van der Waals surface area contributed by atoms with Crippen LogP contribution in [0.2, 0.25) is 0 Å². The van der Waals surface area contributed by atoms with E-state index >= 15 is 0 Å². The van der Waals surface area contributed by atoms with Gasteiger partial charge in [-0.15, -0.1) is 0 Å². The molecule has 0 aromatic heterocycles. The summed E-state index contributed by atoms with van der Waals surface area (Å²) in [6.45, 7) is 0.679. The smallest absolute Gasteiger partial charge is 0.245 e. The van der Waals surface area contributed by atoms with E-state index in [0.717, 1.165) is 5.56 Å². The highest BCUT2D eigenvalue weighted by atomic mass is 19.3. The van der Waals surface area contributed by atoms with Gasteiger partial charge >= 0.3 is 0 Å². The van der Waals surface area contributed by atoms with E-state index in [0.29, 0.717) is 12.3 Å². The van der Waals surface area contributed by atoms with Crippen molar-refractivity contribution >= 4 is 0 Å². The summed E-state index contributed by atoms with van der Waals surface area (Å²) in [7, 11) is 1.56. The number of rotatable bonds is 4. The van der Waals surface area contributed by atoms with E-state index in [1.807, 2.05) is 18.2 Å². The largest absolute Gasteiger partial charge is 0.497 e. The number of methoxy groups -OCH3 is 1. The summed E-state index contributed by atoms with van der Waals surface area (Å²) in [4.78, 5) is 1.73. The Bertz CT molecular complexity index is 444. The lowest BCUT2D eigenvalue weighted by molar-refractivity contribution is -0.118. The van der Waals surface area contributed by atoms with Crippen molar-refractivity contribution in [1.82, 2.24) is 4.90 Å². The highest BCUT2D eigenvalue weighted by molar-refractivity contribution is 5.28. The summed E-state index contributed by atoms with van der Waals surface area (Å²) >= 11 is 0. The maximum absolute atomic E-state index is 12.9. The van der Waals surface area contributed by atoms with Crippen LogP contribution in [0.15, 0.2) is 24.3 Å². The zero-order valence-electron chi connectivity index (χ0n) is 11.2. The third kappa shape index (κ3) is 3.45. The molecule has 6 heteroatoms. The number of aliphatic hydroxyl groups is 2. The van der Waals surface area contributed by atoms with Gasteiger partial charge in [-0.05, 0) is 17.7 Å². The van der Waals surface area contributed by atoms with Crippen LogP contribution in [0, 0.1) is 5.92 Å². The second-order valence-electron chi connectivity index (χ2n) is 5.10. The number of alkyl halides is 2. The molecule has 1 saturated heterocycles. The van der Waals surface area contributed by atoms with E-state index < -0.39 is 24.6 Å². The van der Waals surface area contributed by atoms with Crippen LogP contribution >= 0.6 is 0 Å². The number of hydrogen-bond acceptors (Lipinski definition) is 4. The Morgan fingerprint density at radius 2 is 2.10 bits per heavy atom. The summed E-state index contributed by atoms with van der Waals surface area (Å²) in [5, 5.41) is 19.3. The molecule has 0 aliphatic carbocycles. The highest BCUT2D eigenvalue weighted by Crippen LogP contribution is 2.25. The van der Waals surface area contributed by atoms with Gasteiger partial charge in [0.05, 0.1) is 25.2 Å². The first kappa shape index (κ1) is 15.2. The van der Waals surface area contributed by atoms with Gasteiger partial charge in [-0.25, -0.2) is 8.78 Å². The fourth-order valence-corrected chi connectivity index (χ4v) is 2.53. The van der Waals surface area contributed by atoms with Gasteiger partial charge < -0.3 is 14.9 Å². The monoisotopic (exact) mass is 287 g/mol. The molecule has 4 nitrogen and oxygen atoms in total. The number of aliphatic hydroxyl groups excluding tert-OH is 2. The van der Waals surface area contributed by atoms with Gasteiger partial charge in [-0.3, -0.25) is 4.90 Å². The zero-order valence-corrected chi connectivity index (χ0v) is 11.2. The topological polar surface area (TPSA) is 52.9 Å². The van der Waals surface area contributed by atoms with Crippen LogP contribution < -0.4 is 4.74 Å². The molecule has 112 valence electrons. The Labute approximate surface area is 116 Å². The maximum Gasteiger partial charge on any atom is 0.245 e. The van der Waals surface area contributed by atoms with Gasteiger partial charge in [0, 0.05) is 19.6 Å². The van der Waals surface area contributed by atoms with E-state index in [1.54, 1.807) is 18.1 Å². The van der Waals surface area contributed by atoms with Crippen molar-refractivity contribution in [2.45, 2.75) is 25.2 Å². The quantitative estimate of drug-likeness (QED) is 0.871. The second-order valence-corrected chi connectivity index (χ2v) is 5.10. The summed E-state index contributed by atoms with van der Waals surface area (Å²) in [5.41, 5.74) is 0.918. The van der Waals surface area contributed by atoms with Gasteiger partial charge in [0.2, 0.25) is 6.43 Å². The Morgan fingerprint density at radius 3 is 2.75 bits per heavy atom. The van der Waals surface area contributed by atoms with Gasteiger partial charge in [0.15, 0.2) is 0 Å². The summed E-state index contributed by atoms with van der Waals surface area (Å²) in [6.07, 6.45) is -5.15. The van der Waals surface area contributed by atoms with Crippen molar-refractivity contribution in [2.75, 3.05) is 20.2 Å². The lowest BCUT2D eigenvalue weighted by Gasteiger charge is -2.38. The van der Waals surface area contributed by atoms with Crippen LogP contribution in [0.4, 0.5) is 8.78 Å². The minimum Gasteiger partial charge on any atom is -0.497 e. The fraction of sp³-hybridized carbons (Fsp3) is 0.571. The molecule has 1 aliphatic rings. The van der Waals surface area contributed by atoms with Crippen LogP contribution in [0.3, 0.4) is 0 Å². The third-order valence-electron chi connectivity index (χ3n) is 3.61. The molecule has 3 atom stereocenters. The molecule has 20 heavy (non-hydrogen) atoms. The van der Waals surface area contributed by atoms with Gasteiger partial charge in [0.1, 0.15) is 5.75 Å². The lowest BCUT2D eigenvalue weighted by atomic mass is 9.92. The lowest BCUT2D eigenvalue weighted by Crippen LogP contribution is -2.54. The Balaban J connectivity index is 2.05. The molecule has 0 amide bonds. The highest BCUT2D eigenvalue weighted by Gasteiger charge is 2.39. The van der Waals surface area contributed by atoms with Crippen LogP contribution in [0.25, 0.3) is 0 Å². The number of nitrogens with zero attached hydrogens (tertiary/aromatic N) is 1. The minimum absolute atomic E-state index is 0.0626. The van der Waals surface area contributed by atoms with E-state index in [-0.39, 0.29) is 13.1 Å². The van der Waals surface area contributed by atoms with Crippen molar-refractivity contribution in [3.63, 3.8) is 0 Å². The van der Waals surface area contributed by atoms with Crippen LogP contribution in [-0.4, -0.2) is 53.9 Å². The van der Waals surface area contributed by atoms with E-state index in [4.69, 9.17) is 4.74 Å². The molecular weight excluding hydrogens is 268 g/mol. The maximum atomic E-state index is 12.9. The first-order chi connectivity index (χ1) is 9.51. The molecule has 1 fully saturated rings. The molecule has 3 unspecified atom stereocenters. The van der Waals surface area contributed by atoms with Crippen molar-refractivity contribution in [3.8, 4) is 5.75 Å². The number of β-amino-alcohol motifs (C(OH)–C–C–N with tert-alkyl or cyclic N) is 1. The van der Waals surface area contributed by atoms with Gasteiger partial charge in [0.25, 0.3) is 0 Å². The number of benzene rings is 1. The Morgan fingerprint density at radius 1 is 1.35 bits per heavy atom. The van der Waals surface area contributed by atoms with Crippen LogP contribution in [-0.2, 0) is 6.54 Å². The first-order valence-electron chi connectivity index (χ1n) is 6.51. The van der Waals surface area contributed by atoms with E-state index in [2.05, 4.69) is 0 Å². The number of likely N-dealkylation sites (tertiary alicyclic amines) is 1. The average Bonchev–Trinajstić information content (AvgIpc) is 2.42. The first-order valence-corrected chi connectivity index (χ1v) is 6.51. The number of ether oxygens (including phenoxy) is 1. The SMILES string of the molecule is COc1cccc(CN2CC(O)C(O)C(C(F)F)C2)c1. The Hall–Kier alpha value is -1.24. The standard InChI is InChI=1S/C14H19F2NO3/c1-20-10-4-2-3-9(5-10)6-17-7-11(14(15)16)13(19)12(18)8-17/h2-5,11-14,18-19H,6-8H2,1H3. The van der Waals surface area contributed by atoms with Crippen molar-refractivity contribution in [2.24, 2.45) is 5.92 Å². The predicted octanol–water partition coefficient (Wildman–Crippen LogP) is 1.11. The predicted molar refractivity (Wildman–Crippen MR) is 69.8 cm³/mol. The van der Waals surface area contributed by atoms with Crippen LogP contribution in [0.1, 0.15) is 5.56 Å². The van der Waals surface area contributed by atoms with E-state index in [1.165, 1.54) is 0 Å². The van der Waals surface area contributed by atoms with Crippen molar-refractivity contribution in [3.05, 3.63) is 29.8 Å². The molecule has 2 N–H and O–H groups in total.